The molecule has 3 fully saturated rings. The summed E-state index contributed by atoms with van der Waals surface area (Å²) in [5.41, 5.74) is 1.41. The topological polar surface area (TPSA) is 49.3 Å². The Morgan fingerprint density at radius 3 is 2.58 bits per heavy atom. The van der Waals surface area contributed by atoms with Crippen molar-refractivity contribution < 1.29 is 9.90 Å². The zero-order chi connectivity index (χ0) is 13.1. The van der Waals surface area contributed by atoms with Crippen molar-refractivity contribution in [3.8, 4) is 5.75 Å². The zero-order valence-corrected chi connectivity index (χ0v) is 11.1. The largest absolute Gasteiger partial charge is 0.508 e. The maximum absolute atomic E-state index is 12.2. The summed E-state index contributed by atoms with van der Waals surface area (Å²) >= 11 is 0. The minimum Gasteiger partial charge on any atom is -0.508 e. The van der Waals surface area contributed by atoms with E-state index in [0.717, 1.165) is 29.2 Å². The first-order chi connectivity index (χ1) is 9.15. The second kappa shape index (κ2) is 3.75. The Morgan fingerprint density at radius 2 is 1.95 bits per heavy atom. The molecule has 0 aliphatic heterocycles. The number of aryl methyl sites for hydroxylation is 1. The van der Waals surface area contributed by atoms with Gasteiger partial charge in [-0.25, -0.2) is 0 Å². The van der Waals surface area contributed by atoms with E-state index in [-0.39, 0.29) is 11.7 Å². The van der Waals surface area contributed by atoms with Gasteiger partial charge in [0.15, 0.2) is 0 Å². The van der Waals surface area contributed by atoms with Crippen LogP contribution in [0.25, 0.3) is 0 Å². The molecule has 0 spiro atoms. The first-order valence-electron chi connectivity index (χ1n) is 7.25. The van der Waals surface area contributed by atoms with E-state index in [9.17, 15) is 9.90 Å². The molecule has 19 heavy (non-hydrogen) atoms. The molecule has 0 radical (unpaired) electrons. The Morgan fingerprint density at radius 1 is 1.26 bits per heavy atom. The molecule has 4 atom stereocenters. The fourth-order valence-corrected chi connectivity index (χ4v) is 4.55. The van der Waals surface area contributed by atoms with E-state index in [2.05, 4.69) is 5.32 Å². The number of nitrogens with one attached hydrogen (secondary N) is 1. The van der Waals surface area contributed by atoms with Gasteiger partial charge in [0.25, 0.3) is 5.91 Å². The number of hydrogen-bond donors (Lipinski definition) is 2. The summed E-state index contributed by atoms with van der Waals surface area (Å²) in [5, 5.41) is 12.7. The van der Waals surface area contributed by atoms with Crippen LogP contribution in [-0.4, -0.2) is 17.1 Å². The molecule has 4 rings (SSSR count). The predicted molar refractivity (Wildman–Crippen MR) is 71.9 cm³/mol. The van der Waals surface area contributed by atoms with Crippen molar-refractivity contribution >= 4 is 5.91 Å². The van der Waals surface area contributed by atoms with E-state index in [1.807, 2.05) is 6.92 Å². The van der Waals surface area contributed by atoms with Crippen LogP contribution < -0.4 is 5.32 Å². The summed E-state index contributed by atoms with van der Waals surface area (Å²) in [6.07, 6.45) is 4.15. The van der Waals surface area contributed by atoms with E-state index in [0.29, 0.717) is 11.6 Å². The Bertz CT molecular complexity index is 538. The second-order valence-electron chi connectivity index (χ2n) is 6.49. The molecule has 2 N–H and O–H groups in total. The standard InChI is InChI=1S/C16H19NO2/c1-8-6-11(4-5-12(8)18)16(19)17-15-13-9-2-3-10(7-9)14(13)15/h4-6,9-10,13-15,18H,2-3,7H2,1H3,(H,17,19). The minimum absolute atomic E-state index is 0.0156. The van der Waals surface area contributed by atoms with Gasteiger partial charge >= 0.3 is 0 Å². The smallest absolute Gasteiger partial charge is 0.251 e. The number of benzene rings is 1. The summed E-state index contributed by atoms with van der Waals surface area (Å²) < 4.78 is 0. The number of phenolic OH excluding ortho intramolecular Hbond substituents is 1. The van der Waals surface area contributed by atoms with Gasteiger partial charge in [-0.2, -0.15) is 0 Å². The van der Waals surface area contributed by atoms with Crippen LogP contribution in [0.3, 0.4) is 0 Å². The third kappa shape index (κ3) is 1.60. The number of carbonyl (C=O) groups excluding carboxylic acids is 1. The van der Waals surface area contributed by atoms with Crippen LogP contribution in [-0.2, 0) is 0 Å². The lowest BCUT2D eigenvalue weighted by atomic mass is 10.0. The molecule has 3 nitrogen and oxygen atoms in total. The highest BCUT2D eigenvalue weighted by atomic mass is 16.3. The second-order valence-corrected chi connectivity index (χ2v) is 6.49. The fraction of sp³-hybridized carbons (Fsp3) is 0.562. The van der Waals surface area contributed by atoms with Crippen molar-refractivity contribution in [2.24, 2.45) is 23.7 Å². The first kappa shape index (κ1) is 11.3. The maximum Gasteiger partial charge on any atom is 0.251 e. The summed E-state index contributed by atoms with van der Waals surface area (Å²) in [4.78, 5) is 12.2. The Balaban J connectivity index is 1.46. The normalized spacial score (nSPS) is 38.1. The third-order valence-electron chi connectivity index (χ3n) is 5.49. The van der Waals surface area contributed by atoms with Crippen molar-refractivity contribution in [2.75, 3.05) is 0 Å². The van der Waals surface area contributed by atoms with E-state index in [1.54, 1.807) is 18.2 Å². The predicted octanol–water partition coefficient (Wildman–Crippen LogP) is 2.47. The average Bonchev–Trinajstić information content (AvgIpc) is 2.81. The quantitative estimate of drug-likeness (QED) is 0.855. The molecule has 0 heterocycles. The molecule has 1 aromatic carbocycles. The van der Waals surface area contributed by atoms with Gasteiger partial charge < -0.3 is 10.4 Å². The first-order valence-corrected chi connectivity index (χ1v) is 7.25. The molecule has 3 heteroatoms. The Kier molecular flexibility index (Phi) is 2.23. The highest BCUT2D eigenvalue weighted by Crippen LogP contribution is 2.65. The van der Waals surface area contributed by atoms with Crippen LogP contribution in [0, 0.1) is 30.6 Å². The molecular weight excluding hydrogens is 238 g/mol. The Hall–Kier alpha value is -1.51. The van der Waals surface area contributed by atoms with Gasteiger partial charge in [0.1, 0.15) is 5.75 Å². The fourth-order valence-electron chi connectivity index (χ4n) is 4.55. The summed E-state index contributed by atoms with van der Waals surface area (Å²) in [5.74, 6) is 3.55. The molecule has 3 saturated carbocycles. The Labute approximate surface area is 113 Å². The maximum atomic E-state index is 12.2. The molecule has 3 aliphatic carbocycles. The number of fused-ring (bicyclic) bond motifs is 5. The van der Waals surface area contributed by atoms with Crippen LogP contribution in [0.1, 0.15) is 35.2 Å². The van der Waals surface area contributed by atoms with Gasteiger partial charge in [0, 0.05) is 11.6 Å². The lowest BCUT2D eigenvalue weighted by Crippen LogP contribution is -2.29. The number of hydrogen-bond acceptors (Lipinski definition) is 2. The molecule has 0 aromatic heterocycles. The van der Waals surface area contributed by atoms with Crippen molar-refractivity contribution in [2.45, 2.75) is 32.2 Å². The molecular formula is C16H19NO2. The average molecular weight is 257 g/mol. The lowest BCUT2D eigenvalue weighted by molar-refractivity contribution is 0.0944. The highest BCUT2D eigenvalue weighted by Gasteiger charge is 2.65. The van der Waals surface area contributed by atoms with E-state index >= 15 is 0 Å². The molecule has 100 valence electrons. The van der Waals surface area contributed by atoms with E-state index in [4.69, 9.17) is 0 Å². The molecule has 1 amide bonds. The van der Waals surface area contributed by atoms with Gasteiger partial charge in [-0.1, -0.05) is 0 Å². The van der Waals surface area contributed by atoms with Crippen molar-refractivity contribution in [1.29, 1.82) is 0 Å². The third-order valence-corrected chi connectivity index (χ3v) is 5.49. The molecule has 4 unspecified atom stereocenters. The lowest BCUT2D eigenvalue weighted by Gasteiger charge is -2.11. The number of amides is 1. The highest BCUT2D eigenvalue weighted by molar-refractivity contribution is 5.95. The zero-order valence-electron chi connectivity index (χ0n) is 11.1. The number of carbonyl (C=O) groups is 1. The van der Waals surface area contributed by atoms with Gasteiger partial charge in [0.2, 0.25) is 0 Å². The van der Waals surface area contributed by atoms with Crippen molar-refractivity contribution in [3.05, 3.63) is 29.3 Å². The summed E-state index contributed by atoms with van der Waals surface area (Å²) in [6, 6.07) is 5.48. The van der Waals surface area contributed by atoms with E-state index in [1.165, 1.54) is 19.3 Å². The number of rotatable bonds is 2. The number of phenols is 1. The summed E-state index contributed by atoms with van der Waals surface area (Å²) in [6.45, 7) is 1.82. The molecule has 0 saturated heterocycles. The van der Waals surface area contributed by atoms with Gasteiger partial charge in [-0.3, -0.25) is 4.79 Å². The molecule has 3 aliphatic rings. The van der Waals surface area contributed by atoms with Crippen molar-refractivity contribution in [1.82, 2.24) is 5.32 Å². The molecule has 2 bridgehead atoms. The SMILES string of the molecule is Cc1cc(C(=O)NC2C3C4CCC(C4)C23)ccc1O. The van der Waals surface area contributed by atoms with Crippen LogP contribution in [0.15, 0.2) is 18.2 Å². The van der Waals surface area contributed by atoms with Gasteiger partial charge in [0.05, 0.1) is 0 Å². The van der Waals surface area contributed by atoms with Crippen LogP contribution in [0.5, 0.6) is 5.75 Å². The van der Waals surface area contributed by atoms with Crippen molar-refractivity contribution in [3.63, 3.8) is 0 Å². The van der Waals surface area contributed by atoms with Crippen LogP contribution in [0.2, 0.25) is 0 Å². The van der Waals surface area contributed by atoms with E-state index < -0.39 is 0 Å². The molecule has 1 aromatic rings. The van der Waals surface area contributed by atoms with Gasteiger partial charge in [-0.15, -0.1) is 0 Å². The van der Waals surface area contributed by atoms with Crippen LogP contribution in [0.4, 0.5) is 0 Å². The van der Waals surface area contributed by atoms with Crippen LogP contribution >= 0.6 is 0 Å². The summed E-state index contributed by atoms with van der Waals surface area (Å²) in [7, 11) is 0. The number of aromatic hydroxyl groups is 1. The minimum atomic E-state index is 0.0156. The van der Waals surface area contributed by atoms with Gasteiger partial charge in [-0.05, 0) is 73.6 Å². The monoisotopic (exact) mass is 257 g/mol.